The standard InChI is InChI=1S/C22H22FN2O3/c23-17-6-7-20-21(14-17)28-24-22(20)16-8-11-25(12-9-16)10-1-2-13-27-19-5-3-4-18(26)15-19/h1-4,6-7,14-16,26H,8-13H2. The molecular formula is C22H22FN2O3. The highest BCUT2D eigenvalue weighted by Crippen LogP contribution is 2.32. The summed E-state index contributed by atoms with van der Waals surface area (Å²) >= 11 is 0. The van der Waals surface area contributed by atoms with Gasteiger partial charge in [0.25, 0.3) is 0 Å². The van der Waals surface area contributed by atoms with Crippen molar-refractivity contribution in [2.75, 3.05) is 26.2 Å². The van der Waals surface area contributed by atoms with Gasteiger partial charge in [0.1, 0.15) is 23.9 Å². The number of fused-ring (bicyclic) bond motifs is 1. The molecule has 1 aliphatic rings. The summed E-state index contributed by atoms with van der Waals surface area (Å²) in [7, 11) is 0. The summed E-state index contributed by atoms with van der Waals surface area (Å²) in [6, 6.07) is 12.3. The van der Waals surface area contributed by atoms with Gasteiger partial charge in [-0.15, -0.1) is 0 Å². The van der Waals surface area contributed by atoms with Gasteiger partial charge in [0.15, 0.2) is 5.58 Å². The largest absolute Gasteiger partial charge is 0.508 e. The number of hydrogen-bond donors (Lipinski definition) is 1. The van der Waals surface area contributed by atoms with Crippen LogP contribution >= 0.6 is 0 Å². The summed E-state index contributed by atoms with van der Waals surface area (Å²) in [6.07, 6.45) is 6.07. The van der Waals surface area contributed by atoms with Gasteiger partial charge in [-0.25, -0.2) is 4.39 Å². The van der Waals surface area contributed by atoms with Gasteiger partial charge < -0.3 is 14.4 Å². The molecular weight excluding hydrogens is 359 g/mol. The highest BCUT2D eigenvalue weighted by molar-refractivity contribution is 5.79. The first-order valence-electron chi connectivity index (χ1n) is 9.45. The van der Waals surface area contributed by atoms with Crippen molar-refractivity contribution in [3.63, 3.8) is 0 Å². The number of halogens is 1. The Bertz CT molecular complexity index is 961. The van der Waals surface area contributed by atoms with E-state index in [1.807, 2.05) is 6.08 Å². The topological polar surface area (TPSA) is 58.7 Å². The quantitative estimate of drug-likeness (QED) is 0.646. The van der Waals surface area contributed by atoms with E-state index < -0.39 is 0 Å². The number of aromatic hydroxyl groups is 1. The molecule has 1 saturated heterocycles. The molecule has 1 aliphatic heterocycles. The fraction of sp³-hybridized carbons (Fsp3) is 0.318. The number of aromatic nitrogens is 1. The van der Waals surface area contributed by atoms with Crippen molar-refractivity contribution in [3.05, 3.63) is 66.1 Å². The van der Waals surface area contributed by atoms with E-state index in [2.05, 4.69) is 22.2 Å². The van der Waals surface area contributed by atoms with E-state index in [1.165, 1.54) is 12.1 Å². The van der Waals surface area contributed by atoms with Crippen molar-refractivity contribution >= 4 is 11.0 Å². The minimum Gasteiger partial charge on any atom is -0.508 e. The van der Waals surface area contributed by atoms with Crippen LogP contribution in [0.5, 0.6) is 11.5 Å². The first-order valence-corrected chi connectivity index (χ1v) is 9.45. The average molecular weight is 381 g/mol. The Morgan fingerprint density at radius 2 is 2.11 bits per heavy atom. The molecule has 0 unspecified atom stereocenters. The van der Waals surface area contributed by atoms with Crippen LogP contribution in [-0.2, 0) is 0 Å². The third-order valence-corrected chi connectivity index (χ3v) is 5.06. The fourth-order valence-electron chi connectivity index (χ4n) is 3.56. The lowest BCUT2D eigenvalue weighted by atomic mass is 9.91. The maximum Gasteiger partial charge on any atom is 0.170 e. The molecule has 1 radical (unpaired) electrons. The van der Waals surface area contributed by atoms with Gasteiger partial charge >= 0.3 is 0 Å². The van der Waals surface area contributed by atoms with E-state index in [-0.39, 0.29) is 11.6 Å². The van der Waals surface area contributed by atoms with Gasteiger partial charge in [-0.2, -0.15) is 0 Å². The average Bonchev–Trinajstić information content (AvgIpc) is 3.11. The van der Waals surface area contributed by atoms with Crippen molar-refractivity contribution in [2.45, 2.75) is 18.8 Å². The predicted octanol–water partition coefficient (Wildman–Crippen LogP) is 4.29. The van der Waals surface area contributed by atoms with Gasteiger partial charge in [0.05, 0.1) is 5.69 Å². The molecule has 0 atom stereocenters. The summed E-state index contributed by atoms with van der Waals surface area (Å²) < 4.78 is 24.1. The number of piperidine rings is 1. The second-order valence-corrected chi connectivity index (χ2v) is 6.98. The molecule has 6 heteroatoms. The van der Waals surface area contributed by atoms with Gasteiger partial charge in [-0.1, -0.05) is 17.3 Å². The molecule has 0 amide bonds. The molecule has 0 aliphatic carbocycles. The van der Waals surface area contributed by atoms with Crippen LogP contribution in [0.15, 0.2) is 53.1 Å². The Kier molecular flexibility index (Phi) is 5.58. The Balaban J connectivity index is 1.24. The third-order valence-electron chi connectivity index (χ3n) is 5.06. The molecule has 0 spiro atoms. The summed E-state index contributed by atoms with van der Waals surface area (Å²) in [4.78, 5) is 2.38. The van der Waals surface area contributed by atoms with E-state index >= 15 is 0 Å². The maximum absolute atomic E-state index is 13.3. The molecule has 4 rings (SSSR count). The van der Waals surface area contributed by atoms with Crippen LogP contribution in [0.1, 0.15) is 24.5 Å². The summed E-state index contributed by atoms with van der Waals surface area (Å²) in [5.74, 6) is 0.745. The van der Waals surface area contributed by atoms with Crippen LogP contribution in [-0.4, -0.2) is 41.4 Å². The van der Waals surface area contributed by atoms with Crippen molar-refractivity contribution in [1.29, 1.82) is 0 Å². The van der Waals surface area contributed by atoms with Crippen molar-refractivity contribution in [1.82, 2.24) is 10.1 Å². The van der Waals surface area contributed by atoms with Gasteiger partial charge in [-0.3, -0.25) is 4.90 Å². The second kappa shape index (κ2) is 8.44. The first kappa shape index (κ1) is 18.5. The van der Waals surface area contributed by atoms with E-state index in [9.17, 15) is 9.50 Å². The van der Waals surface area contributed by atoms with Crippen LogP contribution in [0.25, 0.3) is 11.0 Å². The third kappa shape index (κ3) is 4.34. The maximum atomic E-state index is 13.3. The SMILES string of the molecule is Oc1cc[c]c(OCC=CCN2CCC(c3noc4cc(F)ccc34)CC2)c1. The summed E-state index contributed by atoms with van der Waals surface area (Å²) in [5.41, 5.74) is 1.46. The molecule has 3 aromatic rings. The Labute approximate surface area is 163 Å². The highest BCUT2D eigenvalue weighted by Gasteiger charge is 2.24. The fourth-order valence-corrected chi connectivity index (χ4v) is 3.56. The molecule has 1 aromatic heterocycles. The zero-order valence-electron chi connectivity index (χ0n) is 15.5. The summed E-state index contributed by atoms with van der Waals surface area (Å²) in [5, 5.41) is 14.5. The van der Waals surface area contributed by atoms with Crippen molar-refractivity contribution in [2.24, 2.45) is 0 Å². The zero-order valence-corrected chi connectivity index (χ0v) is 15.5. The molecule has 2 heterocycles. The predicted molar refractivity (Wildman–Crippen MR) is 104 cm³/mol. The highest BCUT2D eigenvalue weighted by atomic mass is 19.1. The number of rotatable bonds is 6. The van der Waals surface area contributed by atoms with Crippen molar-refractivity contribution < 1.29 is 18.8 Å². The Hall–Kier alpha value is -2.86. The van der Waals surface area contributed by atoms with Crippen LogP contribution in [0, 0.1) is 11.9 Å². The minimum atomic E-state index is -0.303. The molecule has 28 heavy (non-hydrogen) atoms. The minimum absolute atomic E-state index is 0.172. The summed E-state index contributed by atoms with van der Waals surface area (Å²) in [6.45, 7) is 3.26. The molecule has 1 N–H and O–H groups in total. The number of likely N-dealkylation sites (tertiary alicyclic amines) is 1. The van der Waals surface area contributed by atoms with Crippen LogP contribution in [0.2, 0.25) is 0 Å². The normalized spacial score (nSPS) is 16.2. The number of phenols is 1. The molecule has 0 bridgehead atoms. The molecule has 1 fully saturated rings. The Morgan fingerprint density at radius 1 is 1.25 bits per heavy atom. The van der Waals surface area contributed by atoms with Crippen molar-refractivity contribution in [3.8, 4) is 11.5 Å². The number of phenolic OH excluding ortho intramolecular Hbond substituents is 1. The van der Waals surface area contributed by atoms with Crippen LogP contribution < -0.4 is 4.74 Å². The van der Waals surface area contributed by atoms with Crippen LogP contribution in [0.3, 0.4) is 0 Å². The monoisotopic (exact) mass is 381 g/mol. The Morgan fingerprint density at radius 3 is 2.93 bits per heavy atom. The van der Waals surface area contributed by atoms with E-state index in [0.717, 1.165) is 43.6 Å². The van der Waals surface area contributed by atoms with Gasteiger partial charge in [0, 0.05) is 36.0 Å². The number of benzene rings is 2. The van der Waals surface area contributed by atoms with E-state index in [0.29, 0.717) is 23.9 Å². The van der Waals surface area contributed by atoms with Gasteiger partial charge in [-0.05, 0) is 50.2 Å². The lowest BCUT2D eigenvalue weighted by Gasteiger charge is -2.30. The molecule has 145 valence electrons. The zero-order chi connectivity index (χ0) is 19.3. The smallest absolute Gasteiger partial charge is 0.170 e. The van der Waals surface area contributed by atoms with Gasteiger partial charge in [0.2, 0.25) is 0 Å². The number of nitrogens with zero attached hydrogens (tertiary/aromatic N) is 2. The molecule has 5 nitrogen and oxygen atoms in total. The second-order valence-electron chi connectivity index (χ2n) is 6.98. The lowest BCUT2D eigenvalue weighted by Crippen LogP contribution is -2.33. The van der Waals surface area contributed by atoms with E-state index in [1.54, 1.807) is 24.3 Å². The lowest BCUT2D eigenvalue weighted by molar-refractivity contribution is 0.228. The molecule has 2 aromatic carbocycles. The van der Waals surface area contributed by atoms with Crippen LogP contribution in [0.4, 0.5) is 4.39 Å². The number of hydrogen-bond acceptors (Lipinski definition) is 5. The first-order chi connectivity index (χ1) is 13.7. The molecule has 0 saturated carbocycles. The van der Waals surface area contributed by atoms with E-state index in [4.69, 9.17) is 9.26 Å². The number of ether oxygens (including phenoxy) is 1.